The molecule has 0 spiro atoms. The monoisotopic (exact) mass is 496 g/mol. The topological polar surface area (TPSA) is 105 Å². The number of fused-ring (bicyclic) bond motifs is 1. The van der Waals surface area contributed by atoms with E-state index in [0.717, 1.165) is 16.6 Å². The molecule has 8 nitrogen and oxygen atoms in total. The van der Waals surface area contributed by atoms with Crippen LogP contribution in [0.15, 0.2) is 77.9 Å². The van der Waals surface area contributed by atoms with E-state index in [1.807, 2.05) is 43.3 Å². The van der Waals surface area contributed by atoms with Crippen LogP contribution in [0.2, 0.25) is 0 Å². The molecule has 0 fully saturated rings. The van der Waals surface area contributed by atoms with E-state index in [1.54, 1.807) is 43.4 Å². The molecule has 0 unspecified atom stereocenters. The van der Waals surface area contributed by atoms with Crippen molar-refractivity contribution in [2.75, 3.05) is 32.6 Å². The zero-order valence-corrected chi connectivity index (χ0v) is 21.1. The van der Waals surface area contributed by atoms with Crippen LogP contribution in [0.1, 0.15) is 28.8 Å². The van der Waals surface area contributed by atoms with Crippen molar-refractivity contribution in [3.63, 3.8) is 0 Å². The summed E-state index contributed by atoms with van der Waals surface area (Å²) in [6.07, 6.45) is 1.09. The number of amides is 1. The quantitative estimate of drug-likeness (QED) is 0.182. The van der Waals surface area contributed by atoms with Gasteiger partial charge in [0.25, 0.3) is 5.91 Å². The van der Waals surface area contributed by atoms with Crippen molar-refractivity contribution in [1.29, 1.82) is 0 Å². The lowest BCUT2D eigenvalue weighted by Crippen LogP contribution is -2.29. The molecule has 0 bridgehead atoms. The van der Waals surface area contributed by atoms with Gasteiger partial charge in [-0.2, -0.15) is 0 Å². The Labute approximate surface area is 207 Å². The molecular formula is C26H32N4O4S. The maximum atomic E-state index is 13.3. The number of rotatable bonds is 11. The summed E-state index contributed by atoms with van der Waals surface area (Å²) < 4.78 is 33.7. The number of hydrazine groups is 1. The van der Waals surface area contributed by atoms with Crippen LogP contribution >= 0.6 is 0 Å². The lowest BCUT2D eigenvalue weighted by atomic mass is 10.1. The minimum absolute atomic E-state index is 0.294. The fraction of sp³-hybridized carbons (Fsp3) is 0.269. The highest BCUT2D eigenvalue weighted by Gasteiger charge is 2.23. The van der Waals surface area contributed by atoms with Gasteiger partial charge in [0.2, 0.25) is 10.0 Å². The van der Waals surface area contributed by atoms with Crippen molar-refractivity contribution in [3.05, 3.63) is 84.1 Å². The summed E-state index contributed by atoms with van der Waals surface area (Å²) in [7, 11) is 1.79. The van der Waals surface area contributed by atoms with Gasteiger partial charge in [-0.3, -0.25) is 10.2 Å². The van der Waals surface area contributed by atoms with E-state index >= 15 is 0 Å². The summed E-state index contributed by atoms with van der Waals surface area (Å²) in [6, 6.07) is 17.9. The summed E-state index contributed by atoms with van der Waals surface area (Å²) in [5.74, 6) is 5.34. The predicted molar refractivity (Wildman–Crippen MR) is 139 cm³/mol. The maximum absolute atomic E-state index is 13.3. The molecule has 35 heavy (non-hydrogen) atoms. The molecule has 0 heterocycles. The number of benzene rings is 3. The Morgan fingerprint density at radius 3 is 2.31 bits per heavy atom. The summed E-state index contributed by atoms with van der Waals surface area (Å²) in [5.41, 5.74) is 4.40. The van der Waals surface area contributed by atoms with Gasteiger partial charge in [0, 0.05) is 56.1 Å². The average Bonchev–Trinajstić information content (AvgIpc) is 2.86. The molecule has 0 aliphatic carbocycles. The minimum Gasteiger partial charge on any atom is -0.494 e. The van der Waals surface area contributed by atoms with Crippen LogP contribution in [0.3, 0.4) is 0 Å². The molecule has 3 rings (SSSR count). The molecular weight excluding hydrogens is 464 g/mol. The Morgan fingerprint density at radius 2 is 1.66 bits per heavy atom. The number of nitrogens with two attached hydrogens (primary N) is 1. The second-order valence-corrected chi connectivity index (χ2v) is 10.5. The smallest absolute Gasteiger partial charge is 0.265 e. The Balaban J connectivity index is 1.57. The van der Waals surface area contributed by atoms with E-state index in [9.17, 15) is 13.2 Å². The van der Waals surface area contributed by atoms with Gasteiger partial charge in [0.05, 0.1) is 10.7 Å². The van der Waals surface area contributed by atoms with E-state index in [0.29, 0.717) is 47.6 Å². The van der Waals surface area contributed by atoms with E-state index in [1.165, 1.54) is 4.31 Å². The molecule has 3 aromatic carbocycles. The Hall–Kier alpha value is -3.40. The Morgan fingerprint density at radius 1 is 1.00 bits per heavy atom. The first-order valence-corrected chi connectivity index (χ1v) is 12.6. The van der Waals surface area contributed by atoms with Gasteiger partial charge < -0.3 is 9.64 Å². The molecule has 0 aromatic heterocycles. The van der Waals surface area contributed by atoms with Crippen LogP contribution in [0.5, 0.6) is 0 Å². The van der Waals surface area contributed by atoms with Crippen LogP contribution in [0, 0.1) is 0 Å². The number of allylic oxidation sites excluding steroid dienone is 1. The molecule has 0 aliphatic heterocycles. The number of carbonyl (C=O) groups excluding carboxylic acids is 1. The number of carbonyl (C=O) groups is 1. The summed E-state index contributed by atoms with van der Waals surface area (Å²) in [6.45, 7) is 4.58. The van der Waals surface area contributed by atoms with Gasteiger partial charge in [-0.1, -0.05) is 43.0 Å². The molecule has 9 heteroatoms. The fourth-order valence-corrected chi connectivity index (χ4v) is 5.17. The lowest BCUT2D eigenvalue weighted by Gasteiger charge is -2.20. The van der Waals surface area contributed by atoms with Gasteiger partial charge in [-0.05, 0) is 36.2 Å². The van der Waals surface area contributed by atoms with Crippen LogP contribution in [0.4, 0.5) is 5.69 Å². The zero-order chi connectivity index (χ0) is 25.6. The number of nitrogen functional groups attached to an aromatic ring is 1. The number of nitrogens with one attached hydrogen (secondary N) is 1. The SMILES string of the molecule is C=C(CCCN(C)S(=O)(=O)c1cccc2c(N(C)C)cccc12)OCc1ccc(C(=O)NN)cc1. The Kier molecular flexibility index (Phi) is 8.50. The molecule has 0 saturated carbocycles. The van der Waals surface area contributed by atoms with Crippen LogP contribution in [0.25, 0.3) is 10.8 Å². The molecule has 0 aliphatic rings. The van der Waals surface area contributed by atoms with Crippen molar-refractivity contribution >= 4 is 32.4 Å². The molecule has 3 N–H and O–H groups in total. The number of sulfonamides is 1. The summed E-state index contributed by atoms with van der Waals surface area (Å²) in [4.78, 5) is 13.8. The van der Waals surface area contributed by atoms with Crippen molar-refractivity contribution < 1.29 is 17.9 Å². The zero-order valence-electron chi connectivity index (χ0n) is 20.3. The van der Waals surface area contributed by atoms with Gasteiger partial charge in [0.1, 0.15) is 6.61 Å². The van der Waals surface area contributed by atoms with Crippen LogP contribution < -0.4 is 16.2 Å². The molecule has 0 saturated heterocycles. The van der Waals surface area contributed by atoms with E-state index in [-0.39, 0.29) is 5.91 Å². The highest BCUT2D eigenvalue weighted by molar-refractivity contribution is 7.89. The van der Waals surface area contributed by atoms with Gasteiger partial charge >= 0.3 is 0 Å². The summed E-state index contributed by atoms with van der Waals surface area (Å²) in [5, 5.41) is 1.60. The molecule has 0 atom stereocenters. The summed E-state index contributed by atoms with van der Waals surface area (Å²) >= 11 is 0. The molecule has 1 amide bonds. The minimum atomic E-state index is -3.67. The number of anilines is 1. The van der Waals surface area contributed by atoms with Gasteiger partial charge in [-0.25, -0.2) is 18.6 Å². The van der Waals surface area contributed by atoms with E-state index in [2.05, 4.69) is 12.0 Å². The Bertz CT molecular complexity index is 1300. The second-order valence-electron chi connectivity index (χ2n) is 8.45. The van der Waals surface area contributed by atoms with Crippen molar-refractivity contribution in [1.82, 2.24) is 9.73 Å². The van der Waals surface area contributed by atoms with E-state index in [4.69, 9.17) is 10.6 Å². The van der Waals surface area contributed by atoms with Crippen molar-refractivity contribution in [2.45, 2.75) is 24.3 Å². The van der Waals surface area contributed by atoms with Gasteiger partial charge in [0.15, 0.2) is 0 Å². The third kappa shape index (κ3) is 6.19. The third-order valence-corrected chi connectivity index (χ3v) is 7.66. The normalized spacial score (nSPS) is 11.5. The predicted octanol–water partition coefficient (Wildman–Crippen LogP) is 3.64. The van der Waals surface area contributed by atoms with Crippen LogP contribution in [-0.4, -0.2) is 46.3 Å². The first-order valence-electron chi connectivity index (χ1n) is 11.2. The standard InChI is InChI=1S/C26H32N4O4S/c1-19(34-18-20-13-15-21(16-14-20)26(31)28-27)8-7-17-30(4)35(32,33)25-12-6-9-22-23(25)10-5-11-24(22)29(2)3/h5-6,9-16H,1,7-8,17-18,27H2,2-4H3,(H,28,31). The molecule has 0 radical (unpaired) electrons. The molecule has 3 aromatic rings. The fourth-order valence-electron chi connectivity index (χ4n) is 3.76. The van der Waals surface area contributed by atoms with Crippen molar-refractivity contribution in [3.8, 4) is 0 Å². The van der Waals surface area contributed by atoms with Gasteiger partial charge in [-0.15, -0.1) is 0 Å². The van der Waals surface area contributed by atoms with E-state index < -0.39 is 10.0 Å². The number of ether oxygens (including phenoxy) is 1. The second kappa shape index (κ2) is 11.4. The van der Waals surface area contributed by atoms with Crippen molar-refractivity contribution in [2.24, 2.45) is 5.84 Å². The largest absolute Gasteiger partial charge is 0.494 e. The maximum Gasteiger partial charge on any atom is 0.265 e. The number of hydrogen-bond donors (Lipinski definition) is 2. The number of nitrogens with zero attached hydrogens (tertiary/aromatic N) is 2. The van der Waals surface area contributed by atoms with Crippen LogP contribution in [-0.2, 0) is 21.4 Å². The first-order chi connectivity index (χ1) is 16.6. The average molecular weight is 497 g/mol. The highest BCUT2D eigenvalue weighted by atomic mass is 32.2. The highest BCUT2D eigenvalue weighted by Crippen LogP contribution is 2.31. The lowest BCUT2D eigenvalue weighted by molar-refractivity contribution is 0.0953. The molecule has 186 valence electrons. The number of hydrogen-bond acceptors (Lipinski definition) is 6. The first kappa shape index (κ1) is 26.2. The third-order valence-electron chi connectivity index (χ3n) is 5.75.